The zero-order valence-electron chi connectivity index (χ0n) is 31.9. The van der Waals surface area contributed by atoms with Gasteiger partial charge in [0, 0.05) is 6.42 Å². The summed E-state index contributed by atoms with van der Waals surface area (Å²) in [6.45, 7) is 20.7. The third-order valence-corrected chi connectivity index (χ3v) is 7.53. The minimum absolute atomic E-state index is 0.147. The highest BCUT2D eigenvalue weighted by atomic mass is 28.4. The highest BCUT2D eigenvalue weighted by Crippen LogP contribution is 2.05. The van der Waals surface area contributed by atoms with Crippen LogP contribution in [0.1, 0.15) is 45.4 Å². The van der Waals surface area contributed by atoms with Crippen molar-refractivity contribution in [2.75, 3.05) is 159 Å². The standard InChI is InChI=1S/C35H72O14Si/c1-5-6-7-8-9-10-35(36)48-33-31-46-29-27-44-25-23-42-21-19-40-17-15-38-13-11-37-12-14-39-16-18-41-20-22-43-24-26-45-28-30-47-32-34-49-50(2,3)4/h5-34H2,1-4H3. The van der Waals surface area contributed by atoms with E-state index in [1.165, 1.54) is 19.3 Å². The second kappa shape index (κ2) is 41.0. The maximum atomic E-state index is 11.6. The molecule has 15 heteroatoms. The van der Waals surface area contributed by atoms with Gasteiger partial charge in [0.25, 0.3) is 0 Å². The maximum absolute atomic E-state index is 11.6. The summed E-state index contributed by atoms with van der Waals surface area (Å²) in [5.74, 6) is -0.147. The Morgan fingerprint density at radius 2 is 0.620 bits per heavy atom. The van der Waals surface area contributed by atoms with Crippen molar-refractivity contribution < 1.29 is 66.1 Å². The quantitative estimate of drug-likeness (QED) is 0.0507. The van der Waals surface area contributed by atoms with Gasteiger partial charge < -0.3 is 61.3 Å². The zero-order chi connectivity index (χ0) is 36.5. The fourth-order valence-electron chi connectivity index (χ4n) is 3.87. The first-order valence-electron chi connectivity index (χ1n) is 18.6. The van der Waals surface area contributed by atoms with Crippen LogP contribution in [-0.4, -0.2) is 173 Å². The lowest BCUT2D eigenvalue weighted by molar-refractivity contribution is -0.145. The lowest BCUT2D eigenvalue weighted by Gasteiger charge is -2.16. The number of hydrogen-bond donors (Lipinski definition) is 0. The summed E-state index contributed by atoms with van der Waals surface area (Å²) in [6, 6.07) is 0. The Bertz CT molecular complexity index is 672. The Hall–Kier alpha value is -0.793. The van der Waals surface area contributed by atoms with Gasteiger partial charge >= 0.3 is 5.97 Å². The van der Waals surface area contributed by atoms with Crippen LogP contribution in [0.4, 0.5) is 0 Å². The summed E-state index contributed by atoms with van der Waals surface area (Å²) < 4.78 is 71.1. The Labute approximate surface area is 303 Å². The normalized spacial score (nSPS) is 11.8. The van der Waals surface area contributed by atoms with E-state index in [0.717, 1.165) is 12.8 Å². The number of carbonyl (C=O) groups excluding carboxylic acids is 1. The number of esters is 1. The highest BCUT2D eigenvalue weighted by molar-refractivity contribution is 6.69. The maximum Gasteiger partial charge on any atom is 0.305 e. The van der Waals surface area contributed by atoms with Gasteiger partial charge in [0.1, 0.15) is 6.61 Å². The van der Waals surface area contributed by atoms with Crippen molar-refractivity contribution in [1.29, 1.82) is 0 Å². The molecule has 0 heterocycles. The first-order valence-corrected chi connectivity index (χ1v) is 22.0. The predicted octanol–water partition coefficient (Wildman–Crippen LogP) is 3.92. The minimum Gasteiger partial charge on any atom is -0.463 e. The van der Waals surface area contributed by atoms with Gasteiger partial charge in [-0.3, -0.25) is 4.79 Å². The van der Waals surface area contributed by atoms with Gasteiger partial charge in [0.2, 0.25) is 0 Å². The summed E-state index contributed by atoms with van der Waals surface area (Å²) in [6.07, 6.45) is 6.07. The number of ether oxygens (including phenoxy) is 12. The molecule has 0 aliphatic carbocycles. The van der Waals surface area contributed by atoms with Gasteiger partial charge in [-0.05, 0) is 26.1 Å². The lowest BCUT2D eigenvalue weighted by atomic mass is 10.1. The van der Waals surface area contributed by atoms with Crippen molar-refractivity contribution in [2.45, 2.75) is 65.1 Å². The minimum atomic E-state index is -1.46. The molecule has 0 aromatic rings. The van der Waals surface area contributed by atoms with Crippen LogP contribution in [0, 0.1) is 0 Å². The SMILES string of the molecule is CCCCCCCC(=O)OCCOCCOCCOCCOCCOCCOCCOCCOCCOCCOCCOCCO[Si](C)(C)C. The summed E-state index contributed by atoms with van der Waals surface area (Å²) in [7, 11) is -1.46. The van der Waals surface area contributed by atoms with E-state index in [1.54, 1.807) is 0 Å². The summed E-state index contributed by atoms with van der Waals surface area (Å²) in [4.78, 5) is 11.6. The van der Waals surface area contributed by atoms with Gasteiger partial charge in [-0.1, -0.05) is 32.6 Å². The lowest BCUT2D eigenvalue weighted by Crippen LogP contribution is -2.27. The molecule has 0 unspecified atom stereocenters. The van der Waals surface area contributed by atoms with E-state index in [4.69, 9.17) is 61.3 Å². The number of hydrogen-bond acceptors (Lipinski definition) is 14. The van der Waals surface area contributed by atoms with E-state index in [-0.39, 0.29) is 12.6 Å². The van der Waals surface area contributed by atoms with E-state index in [9.17, 15) is 4.79 Å². The molecular weight excluding hydrogens is 672 g/mol. The molecule has 0 spiro atoms. The van der Waals surface area contributed by atoms with Crippen molar-refractivity contribution in [2.24, 2.45) is 0 Å². The molecule has 0 aromatic heterocycles. The number of rotatable bonds is 43. The Morgan fingerprint density at radius 1 is 0.360 bits per heavy atom. The molecule has 0 radical (unpaired) electrons. The monoisotopic (exact) mass is 744 g/mol. The van der Waals surface area contributed by atoms with Crippen LogP contribution >= 0.6 is 0 Å². The van der Waals surface area contributed by atoms with Gasteiger partial charge in [-0.25, -0.2) is 0 Å². The Balaban J connectivity index is 3.10. The fourth-order valence-corrected chi connectivity index (χ4v) is 4.56. The molecule has 0 amide bonds. The van der Waals surface area contributed by atoms with Crippen LogP contribution in [0.3, 0.4) is 0 Å². The van der Waals surface area contributed by atoms with Crippen molar-refractivity contribution in [3.63, 3.8) is 0 Å². The molecule has 0 N–H and O–H groups in total. The van der Waals surface area contributed by atoms with Crippen LogP contribution in [0.25, 0.3) is 0 Å². The first kappa shape index (κ1) is 49.2. The smallest absolute Gasteiger partial charge is 0.305 e. The molecule has 0 aliphatic heterocycles. The third kappa shape index (κ3) is 45.2. The van der Waals surface area contributed by atoms with Crippen LogP contribution in [0.5, 0.6) is 0 Å². The predicted molar refractivity (Wildman–Crippen MR) is 193 cm³/mol. The van der Waals surface area contributed by atoms with Gasteiger partial charge in [-0.2, -0.15) is 0 Å². The molecule has 300 valence electrons. The van der Waals surface area contributed by atoms with Crippen molar-refractivity contribution in [3.8, 4) is 0 Å². The Morgan fingerprint density at radius 3 is 0.900 bits per heavy atom. The average molecular weight is 745 g/mol. The fraction of sp³-hybridized carbons (Fsp3) is 0.971. The van der Waals surface area contributed by atoms with Crippen molar-refractivity contribution in [1.82, 2.24) is 0 Å². The topological polar surface area (TPSA) is 137 Å². The third-order valence-electron chi connectivity index (χ3n) is 6.46. The Kier molecular flexibility index (Phi) is 40.3. The second-order valence-electron chi connectivity index (χ2n) is 12.1. The van der Waals surface area contributed by atoms with E-state index >= 15 is 0 Å². The number of carbonyl (C=O) groups is 1. The number of unbranched alkanes of at least 4 members (excludes halogenated alkanes) is 4. The molecular formula is C35H72O14Si. The molecule has 0 fully saturated rings. The largest absolute Gasteiger partial charge is 0.463 e. The van der Waals surface area contributed by atoms with Gasteiger partial charge in [0.15, 0.2) is 8.32 Å². The molecule has 0 aliphatic rings. The van der Waals surface area contributed by atoms with E-state index in [2.05, 4.69) is 26.6 Å². The summed E-state index contributed by atoms with van der Waals surface area (Å²) >= 11 is 0. The molecule has 0 atom stereocenters. The van der Waals surface area contributed by atoms with E-state index in [0.29, 0.717) is 158 Å². The zero-order valence-corrected chi connectivity index (χ0v) is 32.9. The van der Waals surface area contributed by atoms with Gasteiger partial charge in [0.05, 0.1) is 152 Å². The molecule has 0 aromatic carbocycles. The van der Waals surface area contributed by atoms with Crippen molar-refractivity contribution >= 4 is 14.3 Å². The van der Waals surface area contributed by atoms with Crippen molar-refractivity contribution in [3.05, 3.63) is 0 Å². The second-order valence-corrected chi connectivity index (χ2v) is 16.6. The highest BCUT2D eigenvalue weighted by Gasteiger charge is 2.13. The summed E-state index contributed by atoms with van der Waals surface area (Å²) in [5.41, 5.74) is 0. The first-order chi connectivity index (χ1) is 24.5. The molecule has 50 heavy (non-hydrogen) atoms. The average Bonchev–Trinajstić information content (AvgIpc) is 3.09. The molecule has 14 nitrogen and oxygen atoms in total. The molecule has 0 saturated carbocycles. The van der Waals surface area contributed by atoms with Crippen LogP contribution in [0.2, 0.25) is 19.6 Å². The summed E-state index contributed by atoms with van der Waals surface area (Å²) in [5, 5.41) is 0. The van der Waals surface area contributed by atoms with Crippen LogP contribution < -0.4 is 0 Å². The van der Waals surface area contributed by atoms with E-state index < -0.39 is 8.32 Å². The molecule has 0 rings (SSSR count). The van der Waals surface area contributed by atoms with E-state index in [1.807, 2.05) is 0 Å². The van der Waals surface area contributed by atoms with Gasteiger partial charge in [-0.15, -0.1) is 0 Å². The van der Waals surface area contributed by atoms with Crippen LogP contribution in [-0.2, 0) is 66.1 Å². The molecule has 0 saturated heterocycles. The molecule has 0 bridgehead atoms. The van der Waals surface area contributed by atoms with Crippen LogP contribution in [0.15, 0.2) is 0 Å².